The predicted octanol–water partition coefficient (Wildman–Crippen LogP) is 1.35. The van der Waals surface area contributed by atoms with Gasteiger partial charge in [-0.25, -0.2) is 4.98 Å². The van der Waals surface area contributed by atoms with E-state index in [0.29, 0.717) is 5.75 Å². The summed E-state index contributed by atoms with van der Waals surface area (Å²) >= 11 is 0. The minimum atomic E-state index is -0.473. The number of hydrogen-bond donors (Lipinski definition) is 1. The van der Waals surface area contributed by atoms with Crippen molar-refractivity contribution in [3.05, 3.63) is 24.3 Å². The molecular formula is C10H13FN2O. The molecule has 0 aliphatic carbocycles. The van der Waals surface area contributed by atoms with Crippen molar-refractivity contribution >= 4 is 0 Å². The number of aromatic nitrogens is 1. The van der Waals surface area contributed by atoms with Crippen LogP contribution in [0.5, 0.6) is 5.75 Å². The molecule has 0 amide bonds. The van der Waals surface area contributed by atoms with E-state index in [4.69, 9.17) is 4.74 Å². The summed E-state index contributed by atoms with van der Waals surface area (Å²) in [4.78, 5) is 3.53. The third-order valence-corrected chi connectivity index (χ3v) is 2.25. The van der Waals surface area contributed by atoms with Crippen LogP contribution in [0.2, 0.25) is 0 Å². The molecule has 0 bridgehead atoms. The van der Waals surface area contributed by atoms with Gasteiger partial charge in [0, 0.05) is 6.54 Å². The Morgan fingerprint density at radius 1 is 1.50 bits per heavy atom. The molecule has 1 saturated heterocycles. The molecule has 1 aliphatic heterocycles. The molecule has 3 nitrogen and oxygen atoms in total. The van der Waals surface area contributed by atoms with Gasteiger partial charge in [-0.1, -0.05) is 0 Å². The van der Waals surface area contributed by atoms with Gasteiger partial charge in [0.05, 0.1) is 6.20 Å². The molecule has 4 heteroatoms. The summed E-state index contributed by atoms with van der Waals surface area (Å²) in [5, 5.41) is 3.25. The molecule has 1 aromatic rings. The maximum Gasteiger partial charge on any atom is 0.213 e. The first-order valence-corrected chi connectivity index (χ1v) is 4.83. The van der Waals surface area contributed by atoms with Crippen LogP contribution in [-0.2, 0) is 0 Å². The minimum Gasteiger partial charge on any atom is -0.487 e. The molecule has 0 saturated carbocycles. The van der Waals surface area contributed by atoms with E-state index in [1.54, 1.807) is 6.07 Å². The molecule has 14 heavy (non-hydrogen) atoms. The van der Waals surface area contributed by atoms with Gasteiger partial charge in [-0.3, -0.25) is 0 Å². The highest BCUT2D eigenvalue weighted by atomic mass is 19.1. The van der Waals surface area contributed by atoms with Crippen LogP contribution < -0.4 is 10.1 Å². The lowest BCUT2D eigenvalue weighted by Gasteiger charge is -2.23. The fourth-order valence-electron chi connectivity index (χ4n) is 1.54. The summed E-state index contributed by atoms with van der Waals surface area (Å²) in [6.45, 7) is 1.92. The van der Waals surface area contributed by atoms with Crippen molar-refractivity contribution < 1.29 is 9.13 Å². The Kier molecular flexibility index (Phi) is 2.93. The zero-order valence-electron chi connectivity index (χ0n) is 7.87. The quantitative estimate of drug-likeness (QED) is 0.725. The number of nitrogens with one attached hydrogen (secondary N) is 1. The smallest absolute Gasteiger partial charge is 0.213 e. The molecule has 1 fully saturated rings. The fraction of sp³-hybridized carbons (Fsp3) is 0.500. The van der Waals surface area contributed by atoms with E-state index in [0.717, 1.165) is 25.9 Å². The number of ether oxygens (including phenoxy) is 1. The summed E-state index contributed by atoms with van der Waals surface area (Å²) in [7, 11) is 0. The molecule has 0 aromatic carbocycles. The SMILES string of the molecule is Fc1ccc(OC2CCCNC2)cn1. The topological polar surface area (TPSA) is 34.1 Å². The Morgan fingerprint density at radius 3 is 3.07 bits per heavy atom. The summed E-state index contributed by atoms with van der Waals surface area (Å²) < 4.78 is 18.1. The monoisotopic (exact) mass is 196 g/mol. The number of nitrogens with zero attached hydrogens (tertiary/aromatic N) is 1. The number of hydrogen-bond acceptors (Lipinski definition) is 3. The Labute approximate surface area is 82.3 Å². The molecule has 1 unspecified atom stereocenters. The Balaban J connectivity index is 1.92. The van der Waals surface area contributed by atoms with Crippen LogP contribution in [0, 0.1) is 5.95 Å². The lowest BCUT2D eigenvalue weighted by atomic mass is 10.1. The maximum absolute atomic E-state index is 12.5. The first-order valence-electron chi connectivity index (χ1n) is 4.83. The zero-order valence-corrected chi connectivity index (χ0v) is 7.87. The lowest BCUT2D eigenvalue weighted by molar-refractivity contribution is 0.166. The molecule has 1 N–H and O–H groups in total. The summed E-state index contributed by atoms with van der Waals surface area (Å²) in [6, 6.07) is 2.92. The van der Waals surface area contributed by atoms with Gasteiger partial charge < -0.3 is 10.1 Å². The summed E-state index contributed by atoms with van der Waals surface area (Å²) in [5.41, 5.74) is 0. The normalized spacial score (nSPS) is 21.9. The average molecular weight is 196 g/mol. The first kappa shape index (κ1) is 9.40. The molecule has 0 radical (unpaired) electrons. The second kappa shape index (κ2) is 4.37. The van der Waals surface area contributed by atoms with Crippen LogP contribution in [-0.4, -0.2) is 24.2 Å². The Hall–Kier alpha value is -1.16. The molecule has 76 valence electrons. The molecule has 1 aromatic heterocycles. The molecule has 2 heterocycles. The van der Waals surface area contributed by atoms with Crippen LogP contribution in [0.1, 0.15) is 12.8 Å². The van der Waals surface area contributed by atoms with Crippen molar-refractivity contribution in [3.63, 3.8) is 0 Å². The van der Waals surface area contributed by atoms with Gasteiger partial charge in [-0.2, -0.15) is 4.39 Å². The van der Waals surface area contributed by atoms with E-state index in [2.05, 4.69) is 10.3 Å². The number of rotatable bonds is 2. The standard InChI is InChI=1S/C10H13FN2O/c11-10-4-3-9(7-13-10)14-8-2-1-5-12-6-8/h3-4,7-8,12H,1-2,5-6H2. The number of halogens is 1. The van der Waals surface area contributed by atoms with Gasteiger partial charge >= 0.3 is 0 Å². The van der Waals surface area contributed by atoms with Gasteiger partial charge in [0.25, 0.3) is 0 Å². The molecular weight excluding hydrogens is 183 g/mol. The van der Waals surface area contributed by atoms with Crippen molar-refractivity contribution in [1.82, 2.24) is 10.3 Å². The van der Waals surface area contributed by atoms with Crippen molar-refractivity contribution in [2.45, 2.75) is 18.9 Å². The van der Waals surface area contributed by atoms with Crippen LogP contribution in [0.3, 0.4) is 0 Å². The maximum atomic E-state index is 12.5. The van der Waals surface area contributed by atoms with Crippen molar-refractivity contribution in [3.8, 4) is 5.75 Å². The summed E-state index contributed by atoms with van der Waals surface area (Å²) in [5.74, 6) is 0.166. The highest BCUT2D eigenvalue weighted by Gasteiger charge is 2.14. The van der Waals surface area contributed by atoms with E-state index in [1.165, 1.54) is 12.3 Å². The second-order valence-electron chi connectivity index (χ2n) is 3.40. The third kappa shape index (κ3) is 2.42. The fourth-order valence-corrected chi connectivity index (χ4v) is 1.54. The second-order valence-corrected chi connectivity index (χ2v) is 3.40. The molecule has 2 rings (SSSR count). The van der Waals surface area contributed by atoms with Crippen LogP contribution in [0.15, 0.2) is 18.3 Å². The number of pyridine rings is 1. The van der Waals surface area contributed by atoms with E-state index in [-0.39, 0.29) is 6.10 Å². The van der Waals surface area contributed by atoms with Crippen LogP contribution in [0.25, 0.3) is 0 Å². The predicted molar refractivity (Wildman–Crippen MR) is 50.7 cm³/mol. The third-order valence-electron chi connectivity index (χ3n) is 2.25. The Bertz CT molecular complexity index is 283. The van der Waals surface area contributed by atoms with Crippen LogP contribution in [0.4, 0.5) is 4.39 Å². The van der Waals surface area contributed by atoms with Gasteiger partial charge in [-0.15, -0.1) is 0 Å². The highest BCUT2D eigenvalue weighted by Crippen LogP contribution is 2.14. The van der Waals surface area contributed by atoms with Crippen LogP contribution >= 0.6 is 0 Å². The Morgan fingerprint density at radius 2 is 2.43 bits per heavy atom. The van der Waals surface area contributed by atoms with Crippen molar-refractivity contribution in [2.24, 2.45) is 0 Å². The van der Waals surface area contributed by atoms with Crippen molar-refractivity contribution in [1.29, 1.82) is 0 Å². The zero-order chi connectivity index (χ0) is 9.80. The minimum absolute atomic E-state index is 0.191. The average Bonchev–Trinajstić information content (AvgIpc) is 2.23. The molecule has 0 spiro atoms. The largest absolute Gasteiger partial charge is 0.487 e. The molecule has 1 atom stereocenters. The van der Waals surface area contributed by atoms with E-state index < -0.39 is 5.95 Å². The lowest BCUT2D eigenvalue weighted by Crippen LogP contribution is -2.37. The first-order chi connectivity index (χ1) is 6.84. The highest BCUT2D eigenvalue weighted by molar-refractivity contribution is 5.16. The van der Waals surface area contributed by atoms with Gasteiger partial charge in [0.1, 0.15) is 11.9 Å². The molecule has 1 aliphatic rings. The summed E-state index contributed by atoms with van der Waals surface area (Å²) in [6.07, 6.45) is 3.78. The van der Waals surface area contributed by atoms with Gasteiger partial charge in [0.2, 0.25) is 5.95 Å². The van der Waals surface area contributed by atoms with E-state index in [9.17, 15) is 4.39 Å². The van der Waals surface area contributed by atoms with E-state index >= 15 is 0 Å². The van der Waals surface area contributed by atoms with Gasteiger partial charge in [0.15, 0.2) is 0 Å². The van der Waals surface area contributed by atoms with E-state index in [1.807, 2.05) is 0 Å². The van der Waals surface area contributed by atoms with Crippen molar-refractivity contribution in [2.75, 3.05) is 13.1 Å². The number of piperidine rings is 1. The van der Waals surface area contributed by atoms with Gasteiger partial charge in [-0.05, 0) is 31.5 Å².